The Bertz CT molecular complexity index is 708. The van der Waals surface area contributed by atoms with E-state index in [0.717, 1.165) is 84.1 Å². The van der Waals surface area contributed by atoms with Crippen LogP contribution in [0.15, 0.2) is 29.3 Å². The second kappa shape index (κ2) is 12.5. The highest BCUT2D eigenvalue weighted by Gasteiger charge is 2.18. The first kappa shape index (κ1) is 23.4. The molecule has 0 unspecified atom stereocenters. The molecular weight excluding hydrogens is 388 g/mol. The van der Waals surface area contributed by atoms with Crippen LogP contribution in [-0.2, 0) is 4.79 Å². The lowest BCUT2D eigenvalue weighted by Gasteiger charge is -2.36. The fraction of sp³-hybridized carbons (Fsp3) is 0.667. The van der Waals surface area contributed by atoms with Crippen molar-refractivity contribution < 1.29 is 4.79 Å². The number of carbonyl (C=O) groups excluding carboxylic acids is 1. The van der Waals surface area contributed by atoms with Crippen molar-refractivity contribution >= 4 is 17.6 Å². The molecule has 0 radical (unpaired) electrons. The lowest BCUT2D eigenvalue weighted by atomic mass is 10.2. The topological polar surface area (TPSA) is 63.2 Å². The smallest absolute Gasteiger partial charge is 0.244 e. The molecule has 3 rings (SSSR count). The third kappa shape index (κ3) is 7.73. The summed E-state index contributed by atoms with van der Waals surface area (Å²) in [6.07, 6.45) is 4.51. The maximum absolute atomic E-state index is 12.2. The summed E-state index contributed by atoms with van der Waals surface area (Å²) in [4.78, 5) is 23.7. The first-order valence-electron chi connectivity index (χ1n) is 12.0. The van der Waals surface area contributed by atoms with E-state index in [4.69, 9.17) is 0 Å². The Hall–Kier alpha value is -2.28. The summed E-state index contributed by atoms with van der Waals surface area (Å²) in [6, 6.07) is 8.81. The number of piperazine rings is 1. The highest BCUT2D eigenvalue weighted by molar-refractivity contribution is 5.85. The molecule has 0 atom stereocenters. The molecule has 2 saturated heterocycles. The predicted molar refractivity (Wildman–Crippen MR) is 129 cm³/mol. The maximum atomic E-state index is 12.2. The summed E-state index contributed by atoms with van der Waals surface area (Å²) in [5, 5.41) is 6.62. The highest BCUT2D eigenvalue weighted by atomic mass is 16.2. The number of hydrogen-bond donors (Lipinski definition) is 2. The quantitative estimate of drug-likeness (QED) is 0.358. The van der Waals surface area contributed by atoms with E-state index in [1.807, 2.05) is 4.90 Å². The number of anilines is 1. The van der Waals surface area contributed by atoms with Gasteiger partial charge < -0.3 is 20.4 Å². The summed E-state index contributed by atoms with van der Waals surface area (Å²) >= 11 is 0. The number of nitrogens with zero attached hydrogens (tertiary/aromatic N) is 4. The van der Waals surface area contributed by atoms with Crippen molar-refractivity contribution in [3.05, 3.63) is 29.8 Å². The Morgan fingerprint density at radius 2 is 1.81 bits per heavy atom. The second-order valence-electron chi connectivity index (χ2n) is 8.58. The molecule has 1 aromatic rings. The minimum absolute atomic E-state index is 0.138. The van der Waals surface area contributed by atoms with E-state index >= 15 is 0 Å². The van der Waals surface area contributed by atoms with Gasteiger partial charge in [-0.05, 0) is 63.8 Å². The molecule has 7 heteroatoms. The fourth-order valence-electron chi connectivity index (χ4n) is 4.28. The average molecular weight is 429 g/mol. The number of aliphatic imine (C=N–C) groups is 1. The van der Waals surface area contributed by atoms with Crippen molar-refractivity contribution in [1.82, 2.24) is 20.4 Å². The van der Waals surface area contributed by atoms with Crippen LogP contribution >= 0.6 is 0 Å². The molecule has 0 bridgehead atoms. The molecule has 0 aliphatic carbocycles. The molecule has 0 saturated carbocycles. The minimum atomic E-state index is 0.138. The van der Waals surface area contributed by atoms with Crippen LogP contribution in [0.25, 0.3) is 0 Å². The minimum Gasteiger partial charge on any atom is -0.369 e. The van der Waals surface area contributed by atoms with E-state index in [-0.39, 0.29) is 12.5 Å². The first-order chi connectivity index (χ1) is 15.2. The third-order valence-electron chi connectivity index (χ3n) is 6.11. The number of rotatable bonds is 9. The number of hydrogen-bond acceptors (Lipinski definition) is 4. The van der Waals surface area contributed by atoms with Crippen LogP contribution in [0.2, 0.25) is 0 Å². The highest BCUT2D eigenvalue weighted by Crippen LogP contribution is 2.17. The van der Waals surface area contributed by atoms with Gasteiger partial charge in [-0.1, -0.05) is 12.1 Å². The Kier molecular flexibility index (Phi) is 9.46. The summed E-state index contributed by atoms with van der Waals surface area (Å²) in [5.74, 6) is 0.890. The summed E-state index contributed by atoms with van der Waals surface area (Å²) < 4.78 is 0. The largest absolute Gasteiger partial charge is 0.369 e. The van der Waals surface area contributed by atoms with Gasteiger partial charge in [0.05, 0.1) is 0 Å². The van der Waals surface area contributed by atoms with E-state index in [1.165, 1.54) is 17.7 Å². The average Bonchev–Trinajstić information content (AvgIpc) is 3.32. The summed E-state index contributed by atoms with van der Waals surface area (Å²) in [6.45, 7) is 13.5. The monoisotopic (exact) mass is 428 g/mol. The van der Waals surface area contributed by atoms with E-state index in [2.05, 4.69) is 63.5 Å². The Labute approximate surface area is 187 Å². The number of carbonyl (C=O) groups is 1. The zero-order chi connectivity index (χ0) is 21.9. The molecule has 2 aliphatic heterocycles. The van der Waals surface area contributed by atoms with Gasteiger partial charge in [0, 0.05) is 58.0 Å². The van der Waals surface area contributed by atoms with Crippen molar-refractivity contribution in [3.8, 4) is 0 Å². The van der Waals surface area contributed by atoms with Crippen molar-refractivity contribution in [1.29, 1.82) is 0 Å². The van der Waals surface area contributed by atoms with E-state index in [1.54, 1.807) is 0 Å². The second-order valence-corrected chi connectivity index (χ2v) is 8.58. The molecule has 0 aromatic heterocycles. The van der Waals surface area contributed by atoms with Gasteiger partial charge in [0.2, 0.25) is 5.91 Å². The summed E-state index contributed by atoms with van der Waals surface area (Å²) in [5.41, 5.74) is 2.68. The third-order valence-corrected chi connectivity index (χ3v) is 6.11. The van der Waals surface area contributed by atoms with Crippen molar-refractivity contribution in [2.75, 3.05) is 70.3 Å². The number of benzene rings is 1. The Morgan fingerprint density at radius 3 is 2.52 bits per heavy atom. The Balaban J connectivity index is 1.30. The number of likely N-dealkylation sites (tertiary alicyclic amines) is 1. The maximum Gasteiger partial charge on any atom is 0.244 e. The summed E-state index contributed by atoms with van der Waals surface area (Å²) in [7, 11) is 0. The standard InChI is InChI=1S/C24H40N6O/c1-3-25-24(27-20-23(31)30-13-6-7-14-30)26-11-4-5-12-28-15-17-29(18-16-28)22-10-8-9-21(2)19-22/h8-10,19H,3-7,11-18,20H2,1-2H3,(H2,25,26,27). The lowest BCUT2D eigenvalue weighted by Crippen LogP contribution is -2.46. The molecule has 7 nitrogen and oxygen atoms in total. The van der Waals surface area contributed by atoms with Crippen LogP contribution in [0.1, 0.15) is 38.2 Å². The molecule has 2 fully saturated rings. The van der Waals surface area contributed by atoms with Gasteiger partial charge in [0.25, 0.3) is 0 Å². The number of nitrogens with one attached hydrogen (secondary N) is 2. The Morgan fingerprint density at radius 1 is 1.03 bits per heavy atom. The van der Waals surface area contributed by atoms with Crippen molar-refractivity contribution in [2.45, 2.75) is 39.5 Å². The van der Waals surface area contributed by atoms with Gasteiger partial charge in [-0.15, -0.1) is 0 Å². The van der Waals surface area contributed by atoms with Crippen LogP contribution in [0.3, 0.4) is 0 Å². The van der Waals surface area contributed by atoms with E-state index in [0.29, 0.717) is 0 Å². The predicted octanol–water partition coefficient (Wildman–Crippen LogP) is 2.07. The van der Waals surface area contributed by atoms with Gasteiger partial charge in [-0.25, -0.2) is 4.99 Å². The molecule has 2 N–H and O–H groups in total. The van der Waals surface area contributed by atoms with Gasteiger partial charge >= 0.3 is 0 Å². The van der Waals surface area contributed by atoms with Crippen LogP contribution < -0.4 is 15.5 Å². The van der Waals surface area contributed by atoms with Crippen LogP contribution in [-0.4, -0.2) is 87.1 Å². The van der Waals surface area contributed by atoms with Crippen molar-refractivity contribution in [3.63, 3.8) is 0 Å². The molecule has 1 aromatic carbocycles. The van der Waals surface area contributed by atoms with E-state index < -0.39 is 0 Å². The molecule has 2 aliphatic rings. The lowest BCUT2D eigenvalue weighted by molar-refractivity contribution is -0.128. The van der Waals surface area contributed by atoms with Gasteiger partial charge in [0.1, 0.15) is 6.54 Å². The molecular formula is C24H40N6O. The van der Waals surface area contributed by atoms with Gasteiger partial charge in [0.15, 0.2) is 5.96 Å². The zero-order valence-electron chi connectivity index (χ0n) is 19.4. The van der Waals surface area contributed by atoms with Crippen LogP contribution in [0.5, 0.6) is 0 Å². The fourth-order valence-corrected chi connectivity index (χ4v) is 4.28. The molecule has 1 amide bonds. The SMILES string of the molecule is CCNC(=NCC(=O)N1CCCC1)NCCCCN1CCN(c2cccc(C)c2)CC1. The van der Waals surface area contributed by atoms with Crippen molar-refractivity contribution in [2.24, 2.45) is 4.99 Å². The van der Waals surface area contributed by atoms with E-state index in [9.17, 15) is 4.79 Å². The number of aryl methyl sites for hydroxylation is 1. The van der Waals surface area contributed by atoms with Gasteiger partial charge in [-0.2, -0.15) is 0 Å². The van der Waals surface area contributed by atoms with Crippen LogP contribution in [0, 0.1) is 6.92 Å². The first-order valence-corrected chi connectivity index (χ1v) is 12.0. The number of amides is 1. The number of guanidine groups is 1. The van der Waals surface area contributed by atoms with Gasteiger partial charge in [-0.3, -0.25) is 9.69 Å². The number of unbranched alkanes of at least 4 members (excludes halogenated alkanes) is 1. The zero-order valence-corrected chi connectivity index (χ0v) is 19.4. The molecule has 0 spiro atoms. The van der Waals surface area contributed by atoms with Crippen LogP contribution in [0.4, 0.5) is 5.69 Å². The molecule has 2 heterocycles. The molecule has 31 heavy (non-hydrogen) atoms. The molecule has 172 valence electrons. The normalized spacial score (nSPS) is 17.8.